The summed E-state index contributed by atoms with van der Waals surface area (Å²) < 4.78 is 13.6. The second-order valence-electron chi connectivity index (χ2n) is 3.86. The minimum absolute atomic E-state index is 0.0947. The van der Waals surface area contributed by atoms with Gasteiger partial charge in [-0.25, -0.2) is 4.39 Å². The van der Waals surface area contributed by atoms with Crippen molar-refractivity contribution in [2.75, 3.05) is 11.9 Å². The molecule has 0 radical (unpaired) electrons. The maximum Gasteiger partial charge on any atom is 0.239 e. The highest BCUT2D eigenvalue weighted by atomic mass is 79.9. The van der Waals surface area contributed by atoms with Crippen molar-refractivity contribution in [1.82, 2.24) is 5.32 Å². The third-order valence-electron chi connectivity index (χ3n) is 2.39. The molecule has 1 rings (SSSR count). The first kappa shape index (κ1) is 14.0. The summed E-state index contributed by atoms with van der Waals surface area (Å²) in [5, 5.41) is 5.69. The number of carbonyl (C=O) groups is 1. The van der Waals surface area contributed by atoms with Crippen LogP contribution in [0.1, 0.15) is 20.3 Å². The van der Waals surface area contributed by atoms with Crippen LogP contribution in [-0.2, 0) is 4.79 Å². The van der Waals surface area contributed by atoms with Crippen molar-refractivity contribution in [2.24, 2.45) is 0 Å². The lowest BCUT2D eigenvalue weighted by atomic mass is 10.2. The number of anilines is 1. The summed E-state index contributed by atoms with van der Waals surface area (Å²) in [6.07, 6.45) is 0.888. The van der Waals surface area contributed by atoms with Crippen molar-refractivity contribution in [1.29, 1.82) is 0 Å². The molecule has 1 aromatic rings. The Morgan fingerprint density at radius 2 is 2.24 bits per heavy atom. The highest BCUT2D eigenvalue weighted by molar-refractivity contribution is 9.10. The Morgan fingerprint density at radius 1 is 1.53 bits per heavy atom. The van der Waals surface area contributed by atoms with Gasteiger partial charge in [-0.1, -0.05) is 6.92 Å². The maximum absolute atomic E-state index is 13.2. The minimum Gasteiger partial charge on any atom is -0.376 e. The molecule has 1 unspecified atom stereocenters. The summed E-state index contributed by atoms with van der Waals surface area (Å²) in [6, 6.07) is 4.82. The van der Waals surface area contributed by atoms with Crippen molar-refractivity contribution in [2.45, 2.75) is 26.3 Å². The van der Waals surface area contributed by atoms with E-state index in [9.17, 15) is 9.18 Å². The van der Waals surface area contributed by atoms with Crippen LogP contribution in [0.4, 0.5) is 10.1 Å². The van der Waals surface area contributed by atoms with E-state index in [1.54, 1.807) is 12.1 Å². The number of rotatable bonds is 5. The third-order valence-corrected chi connectivity index (χ3v) is 3.04. The van der Waals surface area contributed by atoms with Gasteiger partial charge in [-0.3, -0.25) is 4.79 Å². The Kier molecular flexibility index (Phi) is 5.41. The molecule has 0 aliphatic heterocycles. The predicted octanol–water partition coefficient (Wildman–Crippen LogP) is 2.91. The quantitative estimate of drug-likeness (QED) is 0.878. The van der Waals surface area contributed by atoms with E-state index in [0.717, 1.165) is 6.42 Å². The van der Waals surface area contributed by atoms with Crippen molar-refractivity contribution < 1.29 is 9.18 Å². The first-order valence-corrected chi connectivity index (χ1v) is 6.30. The fourth-order valence-electron chi connectivity index (χ4n) is 1.22. The number of halogens is 2. The summed E-state index contributed by atoms with van der Waals surface area (Å²) in [5.41, 5.74) is 0.588. The topological polar surface area (TPSA) is 41.1 Å². The Morgan fingerprint density at radius 3 is 2.82 bits per heavy atom. The van der Waals surface area contributed by atoms with Crippen molar-refractivity contribution in [3.8, 4) is 0 Å². The fourth-order valence-corrected chi connectivity index (χ4v) is 1.46. The normalized spacial score (nSPS) is 12.0. The maximum atomic E-state index is 13.2. The Bertz CT molecular complexity index is 398. The van der Waals surface area contributed by atoms with Gasteiger partial charge >= 0.3 is 0 Å². The van der Waals surface area contributed by atoms with Crippen LogP contribution in [0, 0.1) is 5.82 Å². The summed E-state index contributed by atoms with van der Waals surface area (Å²) >= 11 is 3.07. The highest BCUT2D eigenvalue weighted by Gasteiger charge is 2.06. The molecule has 0 spiro atoms. The second-order valence-corrected chi connectivity index (χ2v) is 4.71. The number of carbonyl (C=O) groups excluding carboxylic acids is 1. The van der Waals surface area contributed by atoms with Crippen LogP contribution in [0.5, 0.6) is 0 Å². The lowest BCUT2D eigenvalue weighted by Crippen LogP contribution is -2.36. The van der Waals surface area contributed by atoms with Crippen molar-refractivity contribution >= 4 is 27.5 Å². The molecule has 0 aliphatic carbocycles. The average molecular weight is 303 g/mol. The molecule has 0 fully saturated rings. The van der Waals surface area contributed by atoms with Crippen LogP contribution in [0.15, 0.2) is 22.7 Å². The molecule has 0 saturated carbocycles. The Labute approximate surface area is 109 Å². The molecule has 0 bridgehead atoms. The van der Waals surface area contributed by atoms with Crippen LogP contribution >= 0.6 is 15.9 Å². The van der Waals surface area contributed by atoms with E-state index < -0.39 is 0 Å². The number of nitrogens with one attached hydrogen (secondary N) is 2. The lowest BCUT2D eigenvalue weighted by molar-refractivity contribution is -0.120. The van der Waals surface area contributed by atoms with Gasteiger partial charge in [0.15, 0.2) is 0 Å². The molecule has 0 aliphatic rings. The molecule has 0 heterocycles. The Hall–Kier alpha value is -1.10. The van der Waals surface area contributed by atoms with Gasteiger partial charge < -0.3 is 10.6 Å². The number of hydrogen-bond donors (Lipinski definition) is 2. The molecule has 3 nitrogen and oxygen atoms in total. The molecular weight excluding hydrogens is 287 g/mol. The second kappa shape index (κ2) is 6.59. The van der Waals surface area contributed by atoms with E-state index in [4.69, 9.17) is 0 Å². The summed E-state index contributed by atoms with van der Waals surface area (Å²) in [4.78, 5) is 11.5. The van der Waals surface area contributed by atoms with Gasteiger partial charge in [-0.05, 0) is 47.5 Å². The van der Waals surface area contributed by atoms with Crippen LogP contribution in [0.2, 0.25) is 0 Å². The lowest BCUT2D eigenvalue weighted by Gasteiger charge is -2.12. The van der Waals surface area contributed by atoms with E-state index in [0.29, 0.717) is 10.2 Å². The molecule has 17 heavy (non-hydrogen) atoms. The largest absolute Gasteiger partial charge is 0.376 e. The average Bonchev–Trinajstić information content (AvgIpc) is 2.30. The highest BCUT2D eigenvalue weighted by Crippen LogP contribution is 2.18. The Balaban J connectivity index is 2.45. The van der Waals surface area contributed by atoms with Crippen LogP contribution in [0.3, 0.4) is 0 Å². The SMILES string of the molecule is CCC(C)NC(=O)CNc1ccc(Br)c(F)c1. The zero-order valence-corrected chi connectivity index (χ0v) is 11.5. The van der Waals surface area contributed by atoms with Crippen LogP contribution < -0.4 is 10.6 Å². The molecular formula is C12H16BrFN2O. The molecule has 0 saturated heterocycles. The van der Waals surface area contributed by atoms with E-state index in [1.165, 1.54) is 6.07 Å². The molecule has 1 amide bonds. The predicted molar refractivity (Wildman–Crippen MR) is 70.5 cm³/mol. The third kappa shape index (κ3) is 4.73. The molecule has 5 heteroatoms. The van der Waals surface area contributed by atoms with Gasteiger partial charge in [-0.15, -0.1) is 0 Å². The molecule has 94 valence electrons. The van der Waals surface area contributed by atoms with Gasteiger partial charge in [0.05, 0.1) is 11.0 Å². The zero-order valence-electron chi connectivity index (χ0n) is 9.89. The van der Waals surface area contributed by atoms with E-state index in [-0.39, 0.29) is 24.3 Å². The summed E-state index contributed by atoms with van der Waals surface area (Å²) in [5.74, 6) is -0.444. The van der Waals surface area contributed by atoms with Gasteiger partial charge in [0, 0.05) is 11.7 Å². The monoisotopic (exact) mass is 302 g/mol. The standard InChI is InChI=1S/C12H16BrFN2O/c1-3-8(2)16-12(17)7-15-9-4-5-10(13)11(14)6-9/h4-6,8,15H,3,7H2,1-2H3,(H,16,17). The first-order chi connectivity index (χ1) is 8.02. The summed E-state index contributed by atoms with van der Waals surface area (Å²) in [7, 11) is 0. The van der Waals surface area contributed by atoms with Gasteiger partial charge in [-0.2, -0.15) is 0 Å². The number of benzene rings is 1. The number of amides is 1. The van der Waals surface area contributed by atoms with Gasteiger partial charge in [0.2, 0.25) is 5.91 Å². The molecule has 0 aromatic heterocycles. The summed E-state index contributed by atoms with van der Waals surface area (Å²) in [6.45, 7) is 4.09. The van der Waals surface area contributed by atoms with E-state index >= 15 is 0 Å². The van der Waals surface area contributed by atoms with E-state index in [1.807, 2.05) is 13.8 Å². The zero-order chi connectivity index (χ0) is 12.8. The van der Waals surface area contributed by atoms with Gasteiger partial charge in [0.1, 0.15) is 5.82 Å². The van der Waals surface area contributed by atoms with E-state index in [2.05, 4.69) is 26.6 Å². The molecule has 1 aromatic carbocycles. The first-order valence-electron chi connectivity index (χ1n) is 5.51. The molecule has 1 atom stereocenters. The minimum atomic E-state index is -0.350. The fraction of sp³-hybridized carbons (Fsp3) is 0.417. The van der Waals surface area contributed by atoms with Crippen molar-refractivity contribution in [3.05, 3.63) is 28.5 Å². The molecule has 2 N–H and O–H groups in total. The van der Waals surface area contributed by atoms with Crippen LogP contribution in [0.25, 0.3) is 0 Å². The van der Waals surface area contributed by atoms with Crippen molar-refractivity contribution in [3.63, 3.8) is 0 Å². The number of hydrogen-bond acceptors (Lipinski definition) is 2. The van der Waals surface area contributed by atoms with Gasteiger partial charge in [0.25, 0.3) is 0 Å². The van der Waals surface area contributed by atoms with Crippen LogP contribution in [-0.4, -0.2) is 18.5 Å². The smallest absolute Gasteiger partial charge is 0.239 e.